The maximum atomic E-state index is 13.3. The minimum absolute atomic E-state index is 0.0198. The molecular weight excluding hydrogens is 347 g/mol. The molecule has 1 aromatic heterocycles. The van der Waals surface area contributed by atoms with Gasteiger partial charge in [0, 0.05) is 17.5 Å². The van der Waals surface area contributed by atoms with Gasteiger partial charge in [0.05, 0.1) is 4.34 Å². The van der Waals surface area contributed by atoms with Crippen molar-refractivity contribution in [2.24, 2.45) is 0 Å². The largest absolute Gasteiger partial charge is 0.352 e. The summed E-state index contributed by atoms with van der Waals surface area (Å²) in [5, 5.41) is 3.08. The van der Waals surface area contributed by atoms with Gasteiger partial charge in [-0.25, -0.2) is 4.39 Å². The van der Waals surface area contributed by atoms with E-state index in [0.717, 1.165) is 27.6 Å². The zero-order valence-electron chi connectivity index (χ0n) is 13.5. The summed E-state index contributed by atoms with van der Waals surface area (Å²) >= 11 is 7.54. The third kappa shape index (κ3) is 4.35. The Morgan fingerprint density at radius 3 is 2.58 bits per heavy atom. The molecule has 0 aliphatic heterocycles. The Kier molecular flexibility index (Phi) is 5.54. The zero-order chi connectivity index (χ0) is 17.1. The first kappa shape index (κ1) is 17.4. The second kappa shape index (κ2) is 7.64. The molecule has 1 aliphatic rings. The van der Waals surface area contributed by atoms with Crippen LogP contribution in [0.1, 0.15) is 36.2 Å². The van der Waals surface area contributed by atoms with Gasteiger partial charge >= 0.3 is 0 Å². The maximum Gasteiger partial charge on any atom is 0.242 e. The van der Waals surface area contributed by atoms with E-state index in [1.165, 1.54) is 23.5 Å². The van der Waals surface area contributed by atoms with Gasteiger partial charge in [-0.1, -0.05) is 30.7 Å². The van der Waals surface area contributed by atoms with Crippen molar-refractivity contribution in [1.82, 2.24) is 10.2 Å². The summed E-state index contributed by atoms with van der Waals surface area (Å²) in [5.74, 6) is -0.318. The third-order valence-corrected chi connectivity index (χ3v) is 5.33. The number of rotatable bonds is 7. The minimum atomic E-state index is -0.433. The van der Waals surface area contributed by atoms with E-state index in [2.05, 4.69) is 10.2 Å². The van der Waals surface area contributed by atoms with Crippen LogP contribution in [0.25, 0.3) is 0 Å². The van der Waals surface area contributed by atoms with Crippen molar-refractivity contribution >= 4 is 28.8 Å². The molecule has 1 amide bonds. The minimum Gasteiger partial charge on any atom is -0.352 e. The number of likely N-dealkylation sites (N-methyl/N-ethyl adjacent to an activating group) is 1. The molecule has 1 saturated carbocycles. The predicted molar refractivity (Wildman–Crippen MR) is 95.7 cm³/mol. The second-order valence-electron chi connectivity index (χ2n) is 6.01. The molecule has 0 saturated heterocycles. The van der Waals surface area contributed by atoms with Gasteiger partial charge in [-0.3, -0.25) is 9.69 Å². The highest BCUT2D eigenvalue weighted by molar-refractivity contribution is 7.16. The average Bonchev–Trinajstić information content (AvgIpc) is 3.28. The summed E-state index contributed by atoms with van der Waals surface area (Å²) < 4.78 is 14.0. The molecule has 1 atom stereocenters. The van der Waals surface area contributed by atoms with E-state index in [1.54, 1.807) is 12.1 Å². The highest BCUT2D eigenvalue weighted by atomic mass is 35.5. The van der Waals surface area contributed by atoms with Crippen molar-refractivity contribution in [2.45, 2.75) is 38.4 Å². The van der Waals surface area contributed by atoms with Crippen LogP contribution in [-0.2, 0) is 11.3 Å². The van der Waals surface area contributed by atoms with Crippen LogP contribution >= 0.6 is 22.9 Å². The van der Waals surface area contributed by atoms with Gasteiger partial charge in [0.25, 0.3) is 0 Å². The lowest BCUT2D eigenvalue weighted by molar-refractivity contribution is -0.127. The molecule has 0 radical (unpaired) electrons. The van der Waals surface area contributed by atoms with Crippen molar-refractivity contribution in [3.63, 3.8) is 0 Å². The fraction of sp³-hybridized carbons (Fsp3) is 0.389. The SMILES string of the molecule is CCN(Cc1ccc(Cl)s1)C(C(=O)NC1CC1)c1ccc(F)cc1. The molecule has 1 aliphatic carbocycles. The number of thiophene rings is 1. The van der Waals surface area contributed by atoms with Crippen molar-refractivity contribution < 1.29 is 9.18 Å². The van der Waals surface area contributed by atoms with Crippen molar-refractivity contribution in [1.29, 1.82) is 0 Å². The van der Waals surface area contributed by atoms with Gasteiger partial charge in [-0.15, -0.1) is 11.3 Å². The molecule has 0 bridgehead atoms. The number of nitrogens with zero attached hydrogens (tertiary/aromatic N) is 1. The van der Waals surface area contributed by atoms with E-state index in [4.69, 9.17) is 11.6 Å². The molecule has 1 heterocycles. The van der Waals surface area contributed by atoms with Gasteiger partial charge in [-0.05, 0) is 49.2 Å². The van der Waals surface area contributed by atoms with Crippen molar-refractivity contribution in [2.75, 3.05) is 6.54 Å². The van der Waals surface area contributed by atoms with Gasteiger partial charge in [-0.2, -0.15) is 0 Å². The van der Waals surface area contributed by atoms with E-state index in [-0.39, 0.29) is 17.8 Å². The molecule has 128 valence electrons. The van der Waals surface area contributed by atoms with Gasteiger partial charge in [0.1, 0.15) is 11.9 Å². The molecule has 1 aromatic carbocycles. The van der Waals surface area contributed by atoms with Gasteiger partial charge in [0.15, 0.2) is 0 Å². The topological polar surface area (TPSA) is 32.3 Å². The Bertz CT molecular complexity index is 699. The predicted octanol–water partition coefficient (Wildman–Crippen LogP) is 4.38. The number of hydrogen-bond acceptors (Lipinski definition) is 3. The third-order valence-electron chi connectivity index (χ3n) is 4.12. The number of amides is 1. The monoisotopic (exact) mass is 366 g/mol. The zero-order valence-corrected chi connectivity index (χ0v) is 15.0. The average molecular weight is 367 g/mol. The summed E-state index contributed by atoms with van der Waals surface area (Å²) in [6.45, 7) is 3.36. The molecule has 3 rings (SSSR count). The Morgan fingerprint density at radius 1 is 1.33 bits per heavy atom. The van der Waals surface area contributed by atoms with Crippen LogP contribution in [-0.4, -0.2) is 23.4 Å². The Labute approximate surface area is 150 Å². The number of hydrogen-bond donors (Lipinski definition) is 1. The van der Waals surface area contributed by atoms with E-state index in [0.29, 0.717) is 13.1 Å². The van der Waals surface area contributed by atoms with Crippen LogP contribution in [0.5, 0.6) is 0 Å². The van der Waals surface area contributed by atoms with Crippen molar-refractivity contribution in [3.8, 4) is 0 Å². The lowest BCUT2D eigenvalue weighted by Gasteiger charge is -2.30. The van der Waals surface area contributed by atoms with Crippen LogP contribution in [0.3, 0.4) is 0 Å². The molecule has 0 spiro atoms. The standard InChI is InChI=1S/C18H20ClFN2OS/c1-2-22(11-15-9-10-16(19)24-15)17(18(23)21-14-7-8-14)12-3-5-13(20)6-4-12/h3-6,9-10,14,17H,2,7-8,11H2,1H3,(H,21,23). The van der Waals surface area contributed by atoms with Crippen LogP contribution in [0.4, 0.5) is 4.39 Å². The fourth-order valence-electron chi connectivity index (χ4n) is 2.70. The normalized spacial score (nSPS) is 15.5. The van der Waals surface area contributed by atoms with Crippen LogP contribution in [0.15, 0.2) is 36.4 Å². The number of benzene rings is 1. The highest BCUT2D eigenvalue weighted by Gasteiger charge is 2.31. The summed E-state index contributed by atoms with van der Waals surface area (Å²) in [4.78, 5) is 16.0. The summed E-state index contributed by atoms with van der Waals surface area (Å²) in [7, 11) is 0. The maximum absolute atomic E-state index is 13.3. The van der Waals surface area contributed by atoms with E-state index in [9.17, 15) is 9.18 Å². The first-order chi connectivity index (χ1) is 11.6. The Morgan fingerprint density at radius 2 is 2.04 bits per heavy atom. The molecule has 6 heteroatoms. The number of carbonyl (C=O) groups is 1. The molecule has 24 heavy (non-hydrogen) atoms. The molecule has 1 unspecified atom stereocenters. The quantitative estimate of drug-likeness (QED) is 0.788. The molecule has 1 fully saturated rings. The number of halogens is 2. The molecule has 1 N–H and O–H groups in total. The number of carbonyl (C=O) groups excluding carboxylic acids is 1. The summed E-state index contributed by atoms with van der Waals surface area (Å²) in [6.07, 6.45) is 2.07. The molecule has 3 nitrogen and oxygen atoms in total. The van der Waals surface area contributed by atoms with Crippen LogP contribution in [0, 0.1) is 5.82 Å². The van der Waals surface area contributed by atoms with Gasteiger partial charge < -0.3 is 5.32 Å². The number of nitrogens with one attached hydrogen (secondary N) is 1. The highest BCUT2D eigenvalue weighted by Crippen LogP contribution is 2.29. The van der Waals surface area contributed by atoms with Crippen LogP contribution < -0.4 is 5.32 Å². The fourth-order valence-corrected chi connectivity index (χ4v) is 3.82. The molecular formula is C18H20ClFN2OS. The van der Waals surface area contributed by atoms with E-state index < -0.39 is 6.04 Å². The van der Waals surface area contributed by atoms with Crippen molar-refractivity contribution in [3.05, 3.63) is 57.0 Å². The summed E-state index contributed by atoms with van der Waals surface area (Å²) in [5.41, 5.74) is 0.805. The first-order valence-corrected chi connectivity index (χ1v) is 9.30. The Balaban J connectivity index is 1.85. The van der Waals surface area contributed by atoms with Gasteiger partial charge in [0.2, 0.25) is 5.91 Å². The van der Waals surface area contributed by atoms with E-state index in [1.807, 2.05) is 19.1 Å². The second-order valence-corrected chi connectivity index (χ2v) is 7.81. The lowest BCUT2D eigenvalue weighted by atomic mass is 10.0. The smallest absolute Gasteiger partial charge is 0.242 e. The van der Waals surface area contributed by atoms with E-state index >= 15 is 0 Å². The lowest BCUT2D eigenvalue weighted by Crippen LogP contribution is -2.41. The molecule has 2 aromatic rings. The Hall–Kier alpha value is -1.43. The van der Waals surface area contributed by atoms with Crippen LogP contribution in [0.2, 0.25) is 4.34 Å². The summed E-state index contributed by atoms with van der Waals surface area (Å²) in [6, 6.07) is 9.90. The first-order valence-electron chi connectivity index (χ1n) is 8.11.